The van der Waals surface area contributed by atoms with Crippen LogP contribution in [0, 0.1) is 5.92 Å². The van der Waals surface area contributed by atoms with Crippen LogP contribution < -0.4 is 16.6 Å². The second kappa shape index (κ2) is 7.75. The zero-order valence-corrected chi connectivity index (χ0v) is 16.6. The molecule has 1 saturated carbocycles. The molecule has 1 amide bonds. The summed E-state index contributed by atoms with van der Waals surface area (Å²) in [6.07, 6.45) is 4.63. The zero-order chi connectivity index (χ0) is 19.7. The maximum Gasteiger partial charge on any atom is 0.328 e. The molecule has 2 N–H and O–H groups in total. The molecule has 2 heterocycles. The van der Waals surface area contributed by atoms with Crippen molar-refractivity contribution in [3.05, 3.63) is 67.0 Å². The maximum atomic E-state index is 13.0. The van der Waals surface area contributed by atoms with Crippen LogP contribution in [0.25, 0.3) is 10.9 Å². The number of carbonyl (C=O) groups excluding carboxylic acids is 1. The van der Waals surface area contributed by atoms with E-state index < -0.39 is 5.69 Å². The van der Waals surface area contributed by atoms with Crippen molar-refractivity contribution in [1.29, 1.82) is 0 Å². The zero-order valence-electron chi connectivity index (χ0n) is 15.7. The van der Waals surface area contributed by atoms with Crippen molar-refractivity contribution >= 4 is 28.1 Å². The van der Waals surface area contributed by atoms with Gasteiger partial charge in [0, 0.05) is 17.0 Å². The Morgan fingerprint density at radius 3 is 2.75 bits per heavy atom. The Morgan fingerprint density at radius 1 is 1.29 bits per heavy atom. The van der Waals surface area contributed by atoms with Crippen LogP contribution in [0.4, 0.5) is 0 Å². The van der Waals surface area contributed by atoms with Gasteiger partial charge >= 0.3 is 5.69 Å². The number of thiophene rings is 1. The molecule has 146 valence electrons. The first-order valence-corrected chi connectivity index (χ1v) is 10.6. The van der Waals surface area contributed by atoms with Crippen molar-refractivity contribution < 1.29 is 4.79 Å². The third-order valence-electron chi connectivity index (χ3n) is 5.57. The Morgan fingerprint density at radius 2 is 2.07 bits per heavy atom. The van der Waals surface area contributed by atoms with Crippen LogP contribution >= 0.6 is 11.3 Å². The molecule has 7 heteroatoms. The molecule has 4 rings (SSSR count). The minimum Gasteiger partial charge on any atom is -0.344 e. The van der Waals surface area contributed by atoms with E-state index in [0.717, 1.165) is 17.4 Å². The predicted octanol–water partition coefficient (Wildman–Crippen LogP) is 3.43. The smallest absolute Gasteiger partial charge is 0.328 e. The molecular formula is C21H23N3O3S. The van der Waals surface area contributed by atoms with E-state index in [1.54, 1.807) is 36.5 Å². The van der Waals surface area contributed by atoms with E-state index in [0.29, 0.717) is 28.9 Å². The fourth-order valence-corrected chi connectivity index (χ4v) is 4.96. The lowest BCUT2D eigenvalue weighted by molar-refractivity contribution is 0.0923. The van der Waals surface area contributed by atoms with Gasteiger partial charge in [-0.25, -0.2) is 4.79 Å². The molecule has 0 spiro atoms. The van der Waals surface area contributed by atoms with Crippen LogP contribution in [-0.4, -0.2) is 15.5 Å². The molecule has 0 unspecified atom stereocenters. The van der Waals surface area contributed by atoms with E-state index >= 15 is 0 Å². The maximum absolute atomic E-state index is 13.0. The van der Waals surface area contributed by atoms with Crippen LogP contribution in [0.15, 0.2) is 45.3 Å². The quantitative estimate of drug-likeness (QED) is 0.692. The van der Waals surface area contributed by atoms with E-state index in [9.17, 15) is 14.4 Å². The van der Waals surface area contributed by atoms with E-state index in [1.165, 1.54) is 17.7 Å². The summed E-state index contributed by atoms with van der Waals surface area (Å²) < 4.78 is 1.15. The highest BCUT2D eigenvalue weighted by Crippen LogP contribution is 2.37. The Hall–Kier alpha value is -2.67. The fraction of sp³-hybridized carbons (Fsp3) is 0.381. The van der Waals surface area contributed by atoms with Crippen LogP contribution in [0.3, 0.4) is 0 Å². The lowest BCUT2D eigenvalue weighted by Crippen LogP contribution is -2.35. The van der Waals surface area contributed by atoms with Crippen molar-refractivity contribution in [2.24, 2.45) is 5.92 Å². The van der Waals surface area contributed by atoms with Gasteiger partial charge in [0.25, 0.3) is 11.5 Å². The lowest BCUT2D eigenvalue weighted by Gasteiger charge is -2.24. The number of benzene rings is 1. The molecule has 0 bridgehead atoms. The largest absolute Gasteiger partial charge is 0.344 e. The second-order valence-corrected chi connectivity index (χ2v) is 8.23. The summed E-state index contributed by atoms with van der Waals surface area (Å²) in [6.45, 7) is 2.05. The Kier molecular flexibility index (Phi) is 5.17. The number of fused-ring (bicyclic) bond motifs is 1. The van der Waals surface area contributed by atoms with Crippen molar-refractivity contribution in [2.75, 3.05) is 0 Å². The van der Waals surface area contributed by atoms with E-state index in [2.05, 4.69) is 16.4 Å². The highest BCUT2D eigenvalue weighted by Gasteiger charge is 2.28. The number of amides is 1. The number of rotatable bonds is 5. The van der Waals surface area contributed by atoms with Crippen LogP contribution in [0.5, 0.6) is 0 Å². The van der Waals surface area contributed by atoms with Crippen LogP contribution in [0.1, 0.15) is 53.9 Å². The first kappa shape index (κ1) is 18.7. The molecule has 0 radical (unpaired) electrons. The predicted molar refractivity (Wildman–Crippen MR) is 111 cm³/mol. The van der Waals surface area contributed by atoms with E-state index in [1.807, 2.05) is 11.4 Å². The minimum absolute atomic E-state index is 0.00200. The SMILES string of the molecule is CCn1c(=O)[nH]c2cc(C(=O)N[C@H](c3cccs3)C3CCCC3)ccc2c1=O. The van der Waals surface area contributed by atoms with Crippen molar-refractivity contribution in [2.45, 2.75) is 45.2 Å². The number of carbonyl (C=O) groups is 1. The first-order valence-electron chi connectivity index (χ1n) is 9.69. The Balaban J connectivity index is 1.66. The van der Waals surface area contributed by atoms with Gasteiger partial charge in [-0.2, -0.15) is 0 Å². The summed E-state index contributed by atoms with van der Waals surface area (Å²) in [4.78, 5) is 41.3. The number of aromatic amines is 1. The highest BCUT2D eigenvalue weighted by atomic mass is 32.1. The number of hydrogen-bond donors (Lipinski definition) is 2. The second-order valence-electron chi connectivity index (χ2n) is 7.25. The van der Waals surface area contributed by atoms with Crippen molar-refractivity contribution in [3.63, 3.8) is 0 Å². The van der Waals surface area contributed by atoms with Gasteiger partial charge in [0.05, 0.1) is 16.9 Å². The standard InChI is InChI=1S/C21H23N3O3S/c1-2-24-20(26)15-10-9-14(12-16(15)22-21(24)27)19(25)23-18(13-6-3-4-7-13)17-8-5-11-28-17/h5,8-13,18H,2-4,6-7H2,1H3,(H,22,27)(H,23,25)/t18-/m0/s1. The van der Waals surface area contributed by atoms with Gasteiger partial charge in [0.15, 0.2) is 0 Å². The van der Waals surface area contributed by atoms with Crippen LogP contribution in [-0.2, 0) is 6.54 Å². The third-order valence-corrected chi connectivity index (χ3v) is 6.52. The summed E-state index contributed by atoms with van der Waals surface area (Å²) in [6, 6.07) is 8.93. The summed E-state index contributed by atoms with van der Waals surface area (Å²) in [7, 11) is 0. The average Bonchev–Trinajstić information content (AvgIpc) is 3.40. The summed E-state index contributed by atoms with van der Waals surface area (Å²) in [5, 5.41) is 5.63. The molecule has 28 heavy (non-hydrogen) atoms. The number of nitrogens with zero attached hydrogens (tertiary/aromatic N) is 1. The number of H-pyrrole nitrogens is 1. The van der Waals surface area contributed by atoms with Gasteiger partial charge < -0.3 is 10.3 Å². The van der Waals surface area contributed by atoms with Gasteiger partial charge in [-0.05, 0) is 55.3 Å². The average molecular weight is 398 g/mol. The van der Waals surface area contributed by atoms with E-state index in [4.69, 9.17) is 0 Å². The van der Waals surface area contributed by atoms with Gasteiger partial charge in [-0.15, -0.1) is 11.3 Å². The monoisotopic (exact) mass is 397 g/mol. The molecule has 1 atom stereocenters. The number of hydrogen-bond acceptors (Lipinski definition) is 4. The minimum atomic E-state index is -0.458. The van der Waals surface area contributed by atoms with E-state index in [-0.39, 0.29) is 17.5 Å². The van der Waals surface area contributed by atoms with Gasteiger partial charge in [-0.3, -0.25) is 14.2 Å². The number of nitrogens with one attached hydrogen (secondary N) is 2. The summed E-state index contributed by atoms with van der Waals surface area (Å²) >= 11 is 1.66. The summed E-state index contributed by atoms with van der Waals surface area (Å²) in [5.74, 6) is 0.257. The molecule has 1 aliphatic carbocycles. The van der Waals surface area contributed by atoms with Crippen molar-refractivity contribution in [3.8, 4) is 0 Å². The third kappa shape index (κ3) is 3.42. The van der Waals surface area contributed by atoms with Crippen LogP contribution in [0.2, 0.25) is 0 Å². The highest BCUT2D eigenvalue weighted by molar-refractivity contribution is 7.10. The van der Waals surface area contributed by atoms with Crippen molar-refractivity contribution in [1.82, 2.24) is 14.9 Å². The molecule has 0 aliphatic heterocycles. The van der Waals surface area contributed by atoms with Gasteiger partial charge in [0.2, 0.25) is 0 Å². The Labute approximate surface area is 166 Å². The lowest BCUT2D eigenvalue weighted by atomic mass is 9.96. The molecule has 0 saturated heterocycles. The fourth-order valence-electron chi connectivity index (χ4n) is 4.09. The normalized spacial score (nSPS) is 15.8. The molecule has 1 aromatic carbocycles. The summed E-state index contributed by atoms with van der Waals surface area (Å²) in [5.41, 5.74) is 0.0350. The topological polar surface area (TPSA) is 84.0 Å². The molecular weight excluding hydrogens is 374 g/mol. The Bertz CT molecular complexity index is 1110. The number of aromatic nitrogens is 2. The molecule has 1 fully saturated rings. The van der Waals surface area contributed by atoms with Gasteiger partial charge in [0.1, 0.15) is 0 Å². The molecule has 6 nitrogen and oxygen atoms in total. The first-order chi connectivity index (χ1) is 13.6. The molecule has 2 aromatic heterocycles. The van der Waals surface area contributed by atoms with Gasteiger partial charge in [-0.1, -0.05) is 18.9 Å². The molecule has 3 aromatic rings. The molecule has 1 aliphatic rings.